The predicted molar refractivity (Wildman–Crippen MR) is 79.2 cm³/mol. The van der Waals surface area contributed by atoms with Crippen molar-refractivity contribution in [1.82, 2.24) is 4.98 Å². The van der Waals surface area contributed by atoms with Crippen LogP contribution in [0, 0.1) is 16.0 Å². The van der Waals surface area contributed by atoms with E-state index in [-0.39, 0.29) is 17.7 Å². The van der Waals surface area contributed by atoms with Gasteiger partial charge in [0.05, 0.1) is 16.9 Å². The van der Waals surface area contributed by atoms with Crippen molar-refractivity contribution in [3.63, 3.8) is 0 Å². The molecule has 1 N–H and O–H groups in total. The van der Waals surface area contributed by atoms with Gasteiger partial charge in [-0.05, 0) is 32.8 Å². The number of piperidine rings is 1. The van der Waals surface area contributed by atoms with Gasteiger partial charge in [-0.1, -0.05) is 0 Å². The Hall–Kier alpha value is -2.38. The Kier molecular flexibility index (Phi) is 4.79. The smallest absolute Gasteiger partial charge is 0.331 e. The van der Waals surface area contributed by atoms with Gasteiger partial charge in [-0.2, -0.15) is 4.98 Å². The minimum absolute atomic E-state index is 0.0325. The lowest BCUT2D eigenvalue weighted by Crippen LogP contribution is -2.39. The van der Waals surface area contributed by atoms with E-state index in [1.165, 1.54) is 12.1 Å². The first-order chi connectivity index (χ1) is 10.4. The zero-order chi connectivity index (χ0) is 16.3. The molecule has 8 nitrogen and oxygen atoms in total. The Morgan fingerprint density at radius 2 is 2.27 bits per heavy atom. The molecule has 2 rings (SSSR count). The topological polar surface area (TPSA) is 106 Å². The predicted octanol–water partition coefficient (Wildman–Crippen LogP) is 2.08. The van der Waals surface area contributed by atoms with Crippen LogP contribution < -0.4 is 9.64 Å². The van der Waals surface area contributed by atoms with E-state index in [2.05, 4.69) is 4.98 Å². The van der Waals surface area contributed by atoms with Crippen molar-refractivity contribution in [2.45, 2.75) is 32.8 Å². The molecular formula is C14H19N3O5. The number of hydrogen-bond acceptors (Lipinski definition) is 6. The second kappa shape index (κ2) is 6.59. The Labute approximate surface area is 127 Å². The van der Waals surface area contributed by atoms with E-state index in [1.54, 1.807) is 13.8 Å². The van der Waals surface area contributed by atoms with Crippen LogP contribution in [0.25, 0.3) is 0 Å². The number of carboxylic acid groups (broad SMARTS) is 1. The molecule has 0 spiro atoms. The summed E-state index contributed by atoms with van der Waals surface area (Å²) in [7, 11) is 0. The van der Waals surface area contributed by atoms with Gasteiger partial charge in [0.1, 0.15) is 5.82 Å². The molecule has 1 aromatic rings. The molecule has 1 aliphatic heterocycles. The molecule has 0 amide bonds. The maximum atomic E-state index is 11.1. The number of nitro groups is 1. The van der Waals surface area contributed by atoms with E-state index in [4.69, 9.17) is 9.84 Å². The molecular weight excluding hydrogens is 290 g/mol. The number of hydrogen-bond donors (Lipinski definition) is 1. The van der Waals surface area contributed by atoms with Crippen LogP contribution in [0.15, 0.2) is 12.1 Å². The van der Waals surface area contributed by atoms with Crippen LogP contribution in [-0.2, 0) is 4.79 Å². The van der Waals surface area contributed by atoms with Gasteiger partial charge >= 0.3 is 11.7 Å². The molecule has 0 saturated carbocycles. The summed E-state index contributed by atoms with van der Waals surface area (Å²) in [5, 5.41) is 20.2. The van der Waals surface area contributed by atoms with Crippen molar-refractivity contribution in [3.05, 3.63) is 22.2 Å². The molecule has 120 valence electrons. The van der Waals surface area contributed by atoms with E-state index in [1.807, 2.05) is 4.90 Å². The summed E-state index contributed by atoms with van der Waals surface area (Å²) >= 11 is 0. The Morgan fingerprint density at radius 1 is 1.55 bits per heavy atom. The second-order valence-electron chi connectivity index (χ2n) is 5.54. The Morgan fingerprint density at radius 3 is 2.86 bits per heavy atom. The number of aromatic nitrogens is 1. The van der Waals surface area contributed by atoms with Crippen molar-refractivity contribution in [3.8, 4) is 5.88 Å². The van der Waals surface area contributed by atoms with Gasteiger partial charge in [0.15, 0.2) is 0 Å². The standard InChI is InChI=1S/C14H19N3O5/c1-9(2)22-13-11(17(20)21)5-6-12(15-13)16-7-3-4-10(8-16)14(18)19/h5-6,9-10H,3-4,7-8H2,1-2H3,(H,18,19). The van der Waals surface area contributed by atoms with E-state index in [0.29, 0.717) is 25.3 Å². The molecule has 1 aliphatic rings. The molecule has 1 atom stereocenters. The summed E-state index contributed by atoms with van der Waals surface area (Å²) in [5.41, 5.74) is -0.191. The normalized spacial score (nSPS) is 18.3. The number of carbonyl (C=O) groups is 1. The monoisotopic (exact) mass is 309 g/mol. The Balaban J connectivity index is 2.27. The molecule has 0 aromatic carbocycles. The molecule has 1 unspecified atom stereocenters. The average Bonchev–Trinajstić information content (AvgIpc) is 2.46. The molecule has 1 fully saturated rings. The number of anilines is 1. The first kappa shape index (κ1) is 16.0. The summed E-state index contributed by atoms with van der Waals surface area (Å²) in [5.74, 6) is -0.798. The van der Waals surface area contributed by atoms with Crippen LogP contribution in [0.4, 0.5) is 11.5 Å². The maximum absolute atomic E-state index is 11.1. The first-order valence-electron chi connectivity index (χ1n) is 7.18. The van der Waals surface area contributed by atoms with Gasteiger partial charge in [0.25, 0.3) is 5.88 Å². The molecule has 0 radical (unpaired) electrons. The molecule has 0 aliphatic carbocycles. The molecule has 1 aromatic heterocycles. The number of carboxylic acids is 1. The van der Waals surface area contributed by atoms with Crippen molar-refractivity contribution >= 4 is 17.5 Å². The minimum Gasteiger partial charge on any atom is -0.481 e. The fourth-order valence-corrected chi connectivity index (χ4v) is 2.44. The fourth-order valence-electron chi connectivity index (χ4n) is 2.44. The maximum Gasteiger partial charge on any atom is 0.331 e. The van der Waals surface area contributed by atoms with Crippen molar-refractivity contribution in [2.75, 3.05) is 18.0 Å². The van der Waals surface area contributed by atoms with E-state index in [9.17, 15) is 14.9 Å². The van der Waals surface area contributed by atoms with Crippen LogP contribution in [0.3, 0.4) is 0 Å². The highest BCUT2D eigenvalue weighted by Gasteiger charge is 2.27. The summed E-state index contributed by atoms with van der Waals surface area (Å²) in [6.07, 6.45) is 1.14. The zero-order valence-electron chi connectivity index (χ0n) is 12.6. The van der Waals surface area contributed by atoms with Crippen molar-refractivity contribution < 1.29 is 19.6 Å². The fraction of sp³-hybridized carbons (Fsp3) is 0.571. The quantitative estimate of drug-likeness (QED) is 0.655. The molecule has 0 bridgehead atoms. The van der Waals surface area contributed by atoms with Crippen molar-refractivity contribution in [2.24, 2.45) is 5.92 Å². The highest BCUT2D eigenvalue weighted by atomic mass is 16.6. The summed E-state index contributed by atoms with van der Waals surface area (Å²) in [6, 6.07) is 2.89. The minimum atomic E-state index is -0.828. The molecule has 1 saturated heterocycles. The summed E-state index contributed by atoms with van der Waals surface area (Å²) < 4.78 is 5.42. The third-order valence-corrected chi connectivity index (χ3v) is 3.46. The zero-order valence-corrected chi connectivity index (χ0v) is 12.6. The van der Waals surface area contributed by atoms with Crippen LogP contribution in [-0.4, -0.2) is 40.2 Å². The van der Waals surface area contributed by atoms with Crippen LogP contribution in [0.1, 0.15) is 26.7 Å². The summed E-state index contributed by atoms with van der Waals surface area (Å²) in [6.45, 7) is 4.55. The van der Waals surface area contributed by atoms with E-state index < -0.39 is 16.8 Å². The van der Waals surface area contributed by atoms with Crippen LogP contribution in [0.2, 0.25) is 0 Å². The van der Waals surface area contributed by atoms with Gasteiger partial charge in [-0.25, -0.2) is 0 Å². The lowest BCUT2D eigenvalue weighted by Gasteiger charge is -2.31. The first-order valence-corrected chi connectivity index (χ1v) is 7.18. The number of pyridine rings is 1. The largest absolute Gasteiger partial charge is 0.481 e. The number of nitrogens with zero attached hydrogens (tertiary/aromatic N) is 3. The third-order valence-electron chi connectivity index (χ3n) is 3.46. The van der Waals surface area contributed by atoms with E-state index >= 15 is 0 Å². The van der Waals surface area contributed by atoms with E-state index in [0.717, 1.165) is 6.42 Å². The van der Waals surface area contributed by atoms with Gasteiger partial charge < -0.3 is 14.7 Å². The Bertz CT molecular complexity index is 576. The highest BCUT2D eigenvalue weighted by molar-refractivity contribution is 5.71. The third kappa shape index (κ3) is 3.63. The van der Waals surface area contributed by atoms with Gasteiger partial charge in [0, 0.05) is 19.2 Å². The second-order valence-corrected chi connectivity index (χ2v) is 5.54. The van der Waals surface area contributed by atoms with Crippen molar-refractivity contribution in [1.29, 1.82) is 0 Å². The SMILES string of the molecule is CC(C)Oc1nc(N2CCCC(C(=O)O)C2)ccc1[N+](=O)[O-]. The highest BCUT2D eigenvalue weighted by Crippen LogP contribution is 2.30. The van der Waals surface area contributed by atoms with Gasteiger partial charge in [-0.15, -0.1) is 0 Å². The van der Waals surface area contributed by atoms with Crippen LogP contribution in [0.5, 0.6) is 5.88 Å². The number of aliphatic carboxylic acids is 1. The molecule has 2 heterocycles. The average molecular weight is 309 g/mol. The lowest BCUT2D eigenvalue weighted by atomic mass is 9.98. The van der Waals surface area contributed by atoms with Gasteiger partial charge in [-0.3, -0.25) is 14.9 Å². The van der Waals surface area contributed by atoms with Gasteiger partial charge in [0.2, 0.25) is 0 Å². The molecule has 22 heavy (non-hydrogen) atoms. The number of rotatable bonds is 5. The number of ether oxygens (including phenoxy) is 1. The summed E-state index contributed by atoms with van der Waals surface area (Å²) in [4.78, 5) is 27.7. The van der Waals surface area contributed by atoms with Crippen LogP contribution >= 0.6 is 0 Å². The molecule has 8 heteroatoms. The lowest BCUT2D eigenvalue weighted by molar-refractivity contribution is -0.386.